The van der Waals surface area contributed by atoms with E-state index in [1.807, 2.05) is 37.3 Å². The lowest BCUT2D eigenvalue weighted by Crippen LogP contribution is -2.47. The molecule has 0 bridgehead atoms. The molecular formula is C19H26ClN4O5P. The summed E-state index contributed by atoms with van der Waals surface area (Å²) in [6, 6.07) is 9.37. The van der Waals surface area contributed by atoms with Crippen LogP contribution in [0.15, 0.2) is 46.1 Å². The third kappa shape index (κ3) is 5.29. The van der Waals surface area contributed by atoms with Crippen LogP contribution in [0.3, 0.4) is 0 Å². The molecule has 0 aliphatic carbocycles. The summed E-state index contributed by atoms with van der Waals surface area (Å²) in [7, 11) is 1.65. The van der Waals surface area contributed by atoms with E-state index in [9.17, 15) is 14.2 Å². The van der Waals surface area contributed by atoms with Gasteiger partial charge in [0, 0.05) is 30.9 Å². The van der Waals surface area contributed by atoms with Gasteiger partial charge in [0.2, 0.25) is 0 Å². The molecule has 1 unspecified atom stereocenters. The number of rotatable bonds is 7. The maximum Gasteiger partial charge on any atom is 0.363 e. The second-order valence-corrected chi connectivity index (χ2v) is 10.3. The van der Waals surface area contributed by atoms with Gasteiger partial charge in [-0.25, -0.2) is 9.46 Å². The third-order valence-corrected chi connectivity index (χ3v) is 7.71. The molecule has 164 valence electrons. The Balaban J connectivity index is 1.63. The fourth-order valence-electron chi connectivity index (χ4n) is 3.17. The Bertz CT molecular complexity index is 1030. The van der Waals surface area contributed by atoms with Gasteiger partial charge in [0.25, 0.3) is 5.56 Å². The topological polar surface area (TPSA) is 106 Å². The van der Waals surface area contributed by atoms with E-state index in [2.05, 4.69) is 10.3 Å². The van der Waals surface area contributed by atoms with Gasteiger partial charge >= 0.3 is 12.6 Å². The fourth-order valence-corrected chi connectivity index (χ4v) is 4.81. The molecule has 9 nitrogen and oxygen atoms in total. The van der Waals surface area contributed by atoms with Gasteiger partial charge in [-0.05, 0) is 37.7 Å². The number of nitrogens with zero attached hydrogens (tertiary/aromatic N) is 2. The summed E-state index contributed by atoms with van der Waals surface area (Å²) in [5.41, 5.74) is 0.378. The molecule has 0 amide bonds. The van der Waals surface area contributed by atoms with Gasteiger partial charge in [-0.3, -0.25) is 18.9 Å². The molecule has 4 atom stereocenters. The van der Waals surface area contributed by atoms with E-state index in [0.29, 0.717) is 18.7 Å². The maximum atomic E-state index is 13.0. The van der Waals surface area contributed by atoms with Crippen molar-refractivity contribution in [2.24, 2.45) is 0 Å². The number of hydrogen-bond acceptors (Lipinski definition) is 6. The molecule has 1 aromatic heterocycles. The Morgan fingerprint density at radius 1 is 1.33 bits per heavy atom. The highest BCUT2D eigenvalue weighted by molar-refractivity contribution is 7.83. The minimum atomic E-state index is -3.61. The average Bonchev–Trinajstić information content (AvgIpc) is 2.74. The SMILES string of the molecule is Cc1cn([C@H]2CNC[C@@H](COP(=O)(Cl)N(C)[C@@H](C)c3ccccc3)O2)c(=O)[nH]c1=O. The number of morpholine rings is 1. The summed E-state index contributed by atoms with van der Waals surface area (Å²) < 4.78 is 27.3. The number of aryl methyl sites for hydroxylation is 1. The van der Waals surface area contributed by atoms with Crippen LogP contribution in [0.4, 0.5) is 0 Å². The van der Waals surface area contributed by atoms with Gasteiger partial charge in [-0.2, -0.15) is 0 Å². The van der Waals surface area contributed by atoms with Gasteiger partial charge in [0.15, 0.2) is 6.23 Å². The Hall–Kier alpha value is -1.74. The molecule has 1 aliphatic heterocycles. The summed E-state index contributed by atoms with van der Waals surface area (Å²) in [6.45, 7) is 0.707. The van der Waals surface area contributed by atoms with Gasteiger partial charge in [0.05, 0.1) is 12.7 Å². The first-order chi connectivity index (χ1) is 14.2. The van der Waals surface area contributed by atoms with E-state index in [1.54, 1.807) is 14.0 Å². The smallest absolute Gasteiger partial charge is 0.350 e. The van der Waals surface area contributed by atoms with Crippen LogP contribution in [0.2, 0.25) is 0 Å². The highest BCUT2D eigenvalue weighted by atomic mass is 35.7. The number of nitrogens with one attached hydrogen (secondary N) is 2. The molecule has 1 aromatic carbocycles. The molecule has 2 N–H and O–H groups in total. The van der Waals surface area contributed by atoms with Crippen LogP contribution in [0.25, 0.3) is 0 Å². The molecule has 0 radical (unpaired) electrons. The lowest BCUT2D eigenvalue weighted by atomic mass is 10.1. The average molecular weight is 457 g/mol. The van der Waals surface area contributed by atoms with Crippen molar-refractivity contribution in [2.45, 2.75) is 32.2 Å². The van der Waals surface area contributed by atoms with Crippen molar-refractivity contribution in [3.8, 4) is 0 Å². The number of aromatic nitrogens is 2. The van der Waals surface area contributed by atoms with Crippen molar-refractivity contribution < 1.29 is 13.8 Å². The van der Waals surface area contributed by atoms with E-state index in [-0.39, 0.29) is 12.6 Å². The van der Waals surface area contributed by atoms with E-state index >= 15 is 0 Å². The first-order valence-electron chi connectivity index (χ1n) is 9.60. The zero-order valence-corrected chi connectivity index (χ0v) is 18.7. The Labute approximate surface area is 179 Å². The largest absolute Gasteiger partial charge is 0.363 e. The molecule has 1 fully saturated rings. The van der Waals surface area contributed by atoms with Gasteiger partial charge in [-0.15, -0.1) is 0 Å². The Morgan fingerprint density at radius 3 is 2.73 bits per heavy atom. The van der Waals surface area contributed by atoms with Crippen LogP contribution >= 0.6 is 18.1 Å². The minimum absolute atomic E-state index is 0.0206. The lowest BCUT2D eigenvalue weighted by molar-refractivity contribution is -0.0934. The van der Waals surface area contributed by atoms with Crippen molar-refractivity contribution in [3.05, 3.63) is 68.5 Å². The summed E-state index contributed by atoms with van der Waals surface area (Å²) in [4.78, 5) is 25.9. The molecule has 1 aliphatic rings. The van der Waals surface area contributed by atoms with Crippen molar-refractivity contribution in [1.82, 2.24) is 19.5 Å². The first kappa shape index (κ1) is 22.9. The lowest BCUT2D eigenvalue weighted by Gasteiger charge is -2.33. The van der Waals surface area contributed by atoms with E-state index in [0.717, 1.165) is 5.56 Å². The molecule has 1 saturated heterocycles. The summed E-state index contributed by atoms with van der Waals surface area (Å²) in [5, 5.41) is 3.16. The van der Waals surface area contributed by atoms with Gasteiger partial charge in [-0.1, -0.05) is 30.3 Å². The molecule has 0 spiro atoms. The van der Waals surface area contributed by atoms with Crippen molar-refractivity contribution >= 4 is 18.1 Å². The Kier molecular flexibility index (Phi) is 7.34. The third-order valence-electron chi connectivity index (χ3n) is 5.14. The monoisotopic (exact) mass is 456 g/mol. The van der Waals surface area contributed by atoms with Crippen LogP contribution in [-0.4, -0.2) is 47.1 Å². The van der Waals surface area contributed by atoms with Crippen molar-refractivity contribution in [1.29, 1.82) is 0 Å². The van der Waals surface area contributed by atoms with Crippen LogP contribution in [0.1, 0.15) is 30.3 Å². The number of H-pyrrole nitrogens is 1. The van der Waals surface area contributed by atoms with E-state index in [4.69, 9.17) is 20.5 Å². The summed E-state index contributed by atoms with van der Waals surface area (Å²) in [5.74, 6) is 0. The quantitative estimate of drug-likeness (QED) is 0.616. The van der Waals surface area contributed by atoms with Crippen molar-refractivity contribution in [3.63, 3.8) is 0 Å². The van der Waals surface area contributed by atoms with Crippen LogP contribution in [0, 0.1) is 6.92 Å². The summed E-state index contributed by atoms with van der Waals surface area (Å²) >= 11 is 6.26. The normalized spacial score (nSPS) is 22.6. The second kappa shape index (κ2) is 9.60. The predicted octanol–water partition coefficient (Wildman–Crippen LogP) is 2.39. The second-order valence-electron chi connectivity index (χ2n) is 7.26. The zero-order chi connectivity index (χ0) is 21.9. The molecular weight excluding hydrogens is 431 g/mol. The number of hydrogen-bond donors (Lipinski definition) is 2. The number of ether oxygens (including phenoxy) is 1. The molecule has 0 saturated carbocycles. The highest BCUT2D eigenvalue weighted by Crippen LogP contribution is 2.58. The van der Waals surface area contributed by atoms with E-state index in [1.165, 1.54) is 15.4 Å². The van der Waals surface area contributed by atoms with E-state index < -0.39 is 30.5 Å². The van der Waals surface area contributed by atoms with Gasteiger partial charge in [0.1, 0.15) is 0 Å². The predicted molar refractivity (Wildman–Crippen MR) is 115 cm³/mol. The van der Waals surface area contributed by atoms with Gasteiger partial charge < -0.3 is 14.6 Å². The first-order valence-corrected chi connectivity index (χ1v) is 12.1. The molecule has 3 rings (SSSR count). The molecule has 2 aromatic rings. The zero-order valence-electron chi connectivity index (χ0n) is 17.1. The van der Waals surface area contributed by atoms with Crippen LogP contribution < -0.4 is 16.6 Å². The maximum absolute atomic E-state index is 13.0. The molecule has 30 heavy (non-hydrogen) atoms. The fraction of sp³-hybridized carbons (Fsp3) is 0.474. The number of benzene rings is 1. The highest BCUT2D eigenvalue weighted by Gasteiger charge is 2.33. The number of aromatic amines is 1. The number of halogens is 1. The standard InChI is InChI=1S/C19H26ClN4O5P/c1-13-11-24(19(26)22-18(13)25)17-10-21-9-16(29-17)12-28-30(20,27)23(3)14(2)15-7-5-4-6-8-15/h4-8,11,14,16-17,21H,9-10,12H2,1-3H3,(H,22,25,26)/t14-,16-,17+,30?/m0/s1. The van der Waals surface area contributed by atoms with Crippen molar-refractivity contribution in [2.75, 3.05) is 26.7 Å². The Morgan fingerprint density at radius 2 is 2.03 bits per heavy atom. The minimum Gasteiger partial charge on any atom is -0.350 e. The van der Waals surface area contributed by atoms with Crippen LogP contribution in [0.5, 0.6) is 0 Å². The summed E-state index contributed by atoms with van der Waals surface area (Å²) in [6.07, 6.45) is 0.347. The molecule has 2 heterocycles. The van der Waals surface area contributed by atoms with Crippen LogP contribution in [-0.2, 0) is 13.8 Å². The molecule has 11 heteroatoms.